The molecular formula is C22H27N3O4. The predicted octanol–water partition coefficient (Wildman–Crippen LogP) is 3.41. The van der Waals surface area contributed by atoms with E-state index in [0.29, 0.717) is 30.3 Å². The Bertz CT molecular complexity index is 897. The number of ether oxygens (including phenoxy) is 2. The van der Waals surface area contributed by atoms with Crippen LogP contribution in [0.15, 0.2) is 40.4 Å². The maximum atomic E-state index is 12.6. The van der Waals surface area contributed by atoms with Crippen molar-refractivity contribution in [3.8, 4) is 17.1 Å². The van der Waals surface area contributed by atoms with Gasteiger partial charge in [0.1, 0.15) is 5.75 Å². The van der Waals surface area contributed by atoms with Crippen LogP contribution in [-0.2, 0) is 16.0 Å². The van der Waals surface area contributed by atoms with Gasteiger partial charge in [0.15, 0.2) is 0 Å². The normalized spacial score (nSPS) is 18.6. The highest BCUT2D eigenvalue weighted by atomic mass is 16.5. The lowest BCUT2D eigenvalue weighted by molar-refractivity contribution is -0.136. The number of para-hydroxylation sites is 1. The SMILES string of the molecule is COc1ccccc1-c1noc(CCC(=O)N2CCC3(C=C(C)CCO3)CC2)n1. The number of benzene rings is 1. The lowest BCUT2D eigenvalue weighted by Crippen LogP contribution is -2.48. The molecule has 0 N–H and O–H groups in total. The summed E-state index contributed by atoms with van der Waals surface area (Å²) in [5.41, 5.74) is 1.99. The lowest BCUT2D eigenvalue weighted by Gasteiger charge is -2.42. The molecule has 7 nitrogen and oxygen atoms in total. The number of aryl methyl sites for hydroxylation is 1. The van der Waals surface area contributed by atoms with E-state index < -0.39 is 0 Å². The van der Waals surface area contributed by atoms with Crippen LogP contribution in [0, 0.1) is 0 Å². The zero-order valence-electron chi connectivity index (χ0n) is 17.0. The van der Waals surface area contributed by atoms with Crippen molar-refractivity contribution in [3.05, 3.63) is 41.8 Å². The first-order valence-corrected chi connectivity index (χ1v) is 10.1. The van der Waals surface area contributed by atoms with Crippen LogP contribution in [0.5, 0.6) is 5.75 Å². The third kappa shape index (κ3) is 4.34. The molecule has 29 heavy (non-hydrogen) atoms. The van der Waals surface area contributed by atoms with Gasteiger partial charge in [0.05, 0.1) is 24.9 Å². The Balaban J connectivity index is 1.32. The van der Waals surface area contributed by atoms with E-state index in [9.17, 15) is 4.79 Å². The Morgan fingerprint density at radius 2 is 2.07 bits per heavy atom. The number of nitrogens with zero attached hydrogens (tertiary/aromatic N) is 3. The molecule has 7 heteroatoms. The third-order valence-electron chi connectivity index (χ3n) is 5.73. The quantitative estimate of drug-likeness (QED) is 0.720. The first-order valence-electron chi connectivity index (χ1n) is 10.1. The fourth-order valence-corrected chi connectivity index (χ4v) is 4.07. The van der Waals surface area contributed by atoms with Crippen LogP contribution in [0.25, 0.3) is 11.4 Å². The van der Waals surface area contributed by atoms with Crippen molar-refractivity contribution in [2.75, 3.05) is 26.8 Å². The standard InChI is InChI=1S/C22H27N3O4/c1-16-9-14-28-22(15-16)10-12-25(13-11-22)20(26)8-7-19-23-21(24-29-19)17-5-3-4-6-18(17)27-2/h3-6,15H,7-14H2,1-2H3. The Morgan fingerprint density at radius 1 is 1.28 bits per heavy atom. The molecule has 1 aromatic heterocycles. The van der Waals surface area contributed by atoms with Crippen molar-refractivity contribution in [1.82, 2.24) is 15.0 Å². The highest BCUT2D eigenvalue weighted by Crippen LogP contribution is 2.33. The Hall–Kier alpha value is -2.67. The Labute approximate surface area is 170 Å². The summed E-state index contributed by atoms with van der Waals surface area (Å²) < 4.78 is 16.7. The smallest absolute Gasteiger partial charge is 0.227 e. The summed E-state index contributed by atoms with van der Waals surface area (Å²) in [5, 5.41) is 4.04. The van der Waals surface area contributed by atoms with Crippen molar-refractivity contribution in [1.29, 1.82) is 0 Å². The lowest BCUT2D eigenvalue weighted by atomic mass is 9.87. The van der Waals surface area contributed by atoms with Crippen LogP contribution in [0.1, 0.15) is 38.5 Å². The fraction of sp³-hybridized carbons (Fsp3) is 0.500. The number of aromatic nitrogens is 2. The third-order valence-corrected chi connectivity index (χ3v) is 5.73. The molecule has 4 rings (SSSR count). The van der Waals surface area contributed by atoms with Crippen molar-refractivity contribution in [2.24, 2.45) is 0 Å². The molecule has 1 amide bonds. The minimum atomic E-state index is -0.171. The van der Waals surface area contributed by atoms with E-state index >= 15 is 0 Å². The molecule has 0 bridgehead atoms. The second-order valence-electron chi connectivity index (χ2n) is 7.75. The molecule has 0 radical (unpaired) electrons. The van der Waals surface area contributed by atoms with E-state index in [1.807, 2.05) is 29.2 Å². The summed E-state index contributed by atoms with van der Waals surface area (Å²) in [6.07, 6.45) is 5.76. The molecule has 0 unspecified atom stereocenters. The van der Waals surface area contributed by atoms with Crippen molar-refractivity contribution in [3.63, 3.8) is 0 Å². The number of amides is 1. The number of hydrogen-bond acceptors (Lipinski definition) is 6. The molecule has 2 aliphatic rings. The number of piperidine rings is 1. The van der Waals surface area contributed by atoms with Gasteiger partial charge >= 0.3 is 0 Å². The van der Waals surface area contributed by atoms with E-state index in [-0.39, 0.29) is 11.5 Å². The number of likely N-dealkylation sites (tertiary alicyclic amines) is 1. The van der Waals surface area contributed by atoms with Crippen LogP contribution in [-0.4, -0.2) is 53.4 Å². The van der Waals surface area contributed by atoms with Gasteiger partial charge in [-0.15, -0.1) is 0 Å². The zero-order valence-corrected chi connectivity index (χ0v) is 17.0. The van der Waals surface area contributed by atoms with E-state index in [2.05, 4.69) is 23.1 Å². The number of rotatable bonds is 5. The van der Waals surface area contributed by atoms with Crippen molar-refractivity contribution < 1.29 is 18.8 Å². The molecule has 0 saturated carbocycles. The Kier molecular flexibility index (Phi) is 5.67. The molecule has 2 aliphatic heterocycles. The van der Waals surface area contributed by atoms with E-state index in [4.69, 9.17) is 14.0 Å². The molecule has 154 valence electrons. The number of hydrogen-bond donors (Lipinski definition) is 0. The second-order valence-corrected chi connectivity index (χ2v) is 7.75. The molecule has 1 aromatic carbocycles. The summed E-state index contributed by atoms with van der Waals surface area (Å²) >= 11 is 0. The number of methoxy groups -OCH3 is 1. The van der Waals surface area contributed by atoms with Gasteiger partial charge < -0.3 is 18.9 Å². The van der Waals surface area contributed by atoms with Gasteiger partial charge in [-0.05, 0) is 38.3 Å². The van der Waals surface area contributed by atoms with Crippen molar-refractivity contribution in [2.45, 2.75) is 44.6 Å². The summed E-state index contributed by atoms with van der Waals surface area (Å²) in [6.45, 7) is 4.38. The van der Waals surface area contributed by atoms with Gasteiger partial charge in [-0.1, -0.05) is 28.9 Å². The molecule has 2 aromatic rings. The minimum Gasteiger partial charge on any atom is -0.496 e. The molecule has 1 saturated heterocycles. The van der Waals surface area contributed by atoms with Gasteiger partial charge in [-0.25, -0.2) is 0 Å². The van der Waals surface area contributed by atoms with Crippen LogP contribution in [0.3, 0.4) is 0 Å². The maximum Gasteiger partial charge on any atom is 0.227 e. The van der Waals surface area contributed by atoms with Gasteiger partial charge in [-0.2, -0.15) is 4.98 Å². The largest absolute Gasteiger partial charge is 0.496 e. The van der Waals surface area contributed by atoms with E-state index in [0.717, 1.165) is 44.5 Å². The molecule has 1 fully saturated rings. The van der Waals surface area contributed by atoms with Gasteiger partial charge in [0.2, 0.25) is 17.6 Å². The maximum absolute atomic E-state index is 12.6. The number of carbonyl (C=O) groups excluding carboxylic acids is 1. The molecule has 0 atom stereocenters. The fourth-order valence-electron chi connectivity index (χ4n) is 4.07. The van der Waals surface area contributed by atoms with E-state index in [1.54, 1.807) is 7.11 Å². The summed E-state index contributed by atoms with van der Waals surface area (Å²) in [6, 6.07) is 7.52. The van der Waals surface area contributed by atoms with Crippen LogP contribution in [0.2, 0.25) is 0 Å². The van der Waals surface area contributed by atoms with E-state index in [1.165, 1.54) is 5.57 Å². The van der Waals surface area contributed by atoms with Crippen molar-refractivity contribution >= 4 is 5.91 Å². The molecule has 1 spiro atoms. The average molecular weight is 397 g/mol. The van der Waals surface area contributed by atoms with Crippen LogP contribution < -0.4 is 4.74 Å². The Morgan fingerprint density at radius 3 is 2.83 bits per heavy atom. The zero-order chi connectivity index (χ0) is 20.3. The topological polar surface area (TPSA) is 77.7 Å². The molecular weight excluding hydrogens is 370 g/mol. The minimum absolute atomic E-state index is 0.119. The highest BCUT2D eigenvalue weighted by molar-refractivity contribution is 5.76. The van der Waals surface area contributed by atoms with Gasteiger partial charge in [-0.3, -0.25) is 4.79 Å². The first-order chi connectivity index (χ1) is 14.1. The molecule has 0 aliphatic carbocycles. The number of carbonyl (C=O) groups is 1. The average Bonchev–Trinajstić information content (AvgIpc) is 3.21. The summed E-state index contributed by atoms with van der Waals surface area (Å²) in [4.78, 5) is 19.0. The summed E-state index contributed by atoms with van der Waals surface area (Å²) in [5.74, 6) is 1.74. The first kappa shape index (κ1) is 19.6. The predicted molar refractivity (Wildman–Crippen MR) is 107 cm³/mol. The van der Waals surface area contributed by atoms with Crippen LogP contribution >= 0.6 is 0 Å². The van der Waals surface area contributed by atoms with Gasteiger partial charge in [0.25, 0.3) is 0 Å². The van der Waals surface area contributed by atoms with Crippen LogP contribution in [0.4, 0.5) is 0 Å². The van der Waals surface area contributed by atoms with Gasteiger partial charge in [0, 0.05) is 25.9 Å². The molecule has 3 heterocycles. The second kappa shape index (κ2) is 8.37. The summed E-state index contributed by atoms with van der Waals surface area (Å²) in [7, 11) is 1.61. The highest BCUT2D eigenvalue weighted by Gasteiger charge is 2.36. The monoisotopic (exact) mass is 397 g/mol.